The van der Waals surface area contributed by atoms with Gasteiger partial charge in [-0.3, -0.25) is 0 Å². The SMILES string of the molecule is COCCCC1CN(C2=Nc3ccccc3Nc3ccc(C(F)F)cc32)CCN1. The molecule has 154 valence electrons. The summed E-state index contributed by atoms with van der Waals surface area (Å²) in [5, 5.41) is 6.92. The number of alkyl halides is 2. The molecule has 7 heteroatoms. The molecule has 0 amide bonds. The van der Waals surface area contributed by atoms with Crippen LogP contribution in [0.3, 0.4) is 0 Å². The number of nitrogens with zero attached hydrogens (tertiary/aromatic N) is 2. The van der Waals surface area contributed by atoms with Crippen LogP contribution in [-0.4, -0.2) is 50.1 Å². The number of aliphatic imine (C=N–C) groups is 1. The van der Waals surface area contributed by atoms with Crippen molar-refractivity contribution in [3.8, 4) is 0 Å². The van der Waals surface area contributed by atoms with Gasteiger partial charge in [0.1, 0.15) is 5.84 Å². The topological polar surface area (TPSA) is 48.9 Å². The molecule has 2 aromatic carbocycles. The number of para-hydroxylation sites is 2. The molecule has 1 fully saturated rings. The van der Waals surface area contributed by atoms with E-state index in [1.54, 1.807) is 19.2 Å². The van der Waals surface area contributed by atoms with Crippen LogP contribution in [0.15, 0.2) is 47.5 Å². The van der Waals surface area contributed by atoms with Crippen molar-refractivity contribution in [3.05, 3.63) is 53.6 Å². The Morgan fingerprint density at radius 2 is 2.07 bits per heavy atom. The highest BCUT2D eigenvalue weighted by Gasteiger charge is 2.27. The van der Waals surface area contributed by atoms with Gasteiger partial charge in [0, 0.05) is 56.2 Å². The summed E-state index contributed by atoms with van der Waals surface area (Å²) in [6, 6.07) is 12.9. The minimum atomic E-state index is -2.52. The average Bonchev–Trinajstić information content (AvgIpc) is 2.90. The van der Waals surface area contributed by atoms with Gasteiger partial charge in [0.25, 0.3) is 6.43 Å². The lowest BCUT2D eigenvalue weighted by Gasteiger charge is -2.36. The van der Waals surface area contributed by atoms with E-state index in [1.807, 2.05) is 24.3 Å². The second-order valence-electron chi connectivity index (χ2n) is 7.42. The van der Waals surface area contributed by atoms with Gasteiger partial charge in [-0.1, -0.05) is 18.2 Å². The van der Waals surface area contributed by atoms with Crippen molar-refractivity contribution in [2.45, 2.75) is 25.3 Å². The molecule has 0 aromatic heterocycles. The number of anilines is 2. The second-order valence-corrected chi connectivity index (χ2v) is 7.42. The maximum Gasteiger partial charge on any atom is 0.263 e. The molecule has 0 aliphatic carbocycles. The molecule has 5 nitrogen and oxygen atoms in total. The molecule has 1 saturated heterocycles. The maximum atomic E-state index is 13.4. The van der Waals surface area contributed by atoms with Gasteiger partial charge in [0.15, 0.2) is 0 Å². The standard InChI is InChI=1S/C22H26F2N4O/c1-29-12-4-5-16-14-28(11-10-25-16)22-17-13-15(21(23)24)8-9-18(17)26-19-6-2-3-7-20(19)27-22/h2-3,6-9,13,16,21,25-26H,4-5,10-12,14H2,1H3. The van der Waals surface area contributed by atoms with Gasteiger partial charge in [0.05, 0.1) is 11.4 Å². The number of hydrogen-bond acceptors (Lipinski definition) is 5. The van der Waals surface area contributed by atoms with Crippen LogP contribution >= 0.6 is 0 Å². The first kappa shape index (κ1) is 19.8. The third-order valence-electron chi connectivity index (χ3n) is 5.39. The minimum Gasteiger partial charge on any atom is -0.385 e. The van der Waals surface area contributed by atoms with E-state index in [-0.39, 0.29) is 5.56 Å². The lowest BCUT2D eigenvalue weighted by Crippen LogP contribution is -2.52. The van der Waals surface area contributed by atoms with E-state index in [2.05, 4.69) is 15.5 Å². The van der Waals surface area contributed by atoms with Gasteiger partial charge >= 0.3 is 0 Å². The largest absolute Gasteiger partial charge is 0.385 e. The summed E-state index contributed by atoms with van der Waals surface area (Å²) in [5.41, 5.74) is 3.21. The second kappa shape index (κ2) is 8.88. The van der Waals surface area contributed by atoms with Gasteiger partial charge in [-0.15, -0.1) is 0 Å². The van der Waals surface area contributed by atoms with Crippen molar-refractivity contribution >= 4 is 22.9 Å². The summed E-state index contributed by atoms with van der Waals surface area (Å²) in [4.78, 5) is 7.13. The first-order chi connectivity index (χ1) is 14.2. The van der Waals surface area contributed by atoms with Crippen molar-refractivity contribution in [2.24, 2.45) is 4.99 Å². The van der Waals surface area contributed by atoms with Gasteiger partial charge in [0.2, 0.25) is 0 Å². The van der Waals surface area contributed by atoms with Crippen molar-refractivity contribution in [1.82, 2.24) is 10.2 Å². The number of ether oxygens (including phenoxy) is 1. The molecule has 1 atom stereocenters. The van der Waals surface area contributed by atoms with Crippen LogP contribution in [0.25, 0.3) is 0 Å². The lowest BCUT2D eigenvalue weighted by atomic mass is 10.0. The molecule has 2 aliphatic rings. The fourth-order valence-corrected chi connectivity index (χ4v) is 3.91. The molecular weight excluding hydrogens is 374 g/mol. The Hall–Kier alpha value is -2.51. The summed E-state index contributed by atoms with van der Waals surface area (Å²) < 4.78 is 32.0. The molecule has 1 unspecified atom stereocenters. The van der Waals surface area contributed by atoms with Crippen LogP contribution < -0.4 is 10.6 Å². The van der Waals surface area contributed by atoms with Crippen molar-refractivity contribution in [1.29, 1.82) is 0 Å². The number of piperazine rings is 1. The van der Waals surface area contributed by atoms with Crippen LogP contribution in [0.5, 0.6) is 0 Å². The quantitative estimate of drug-likeness (QED) is 0.728. The zero-order chi connectivity index (χ0) is 20.2. The van der Waals surface area contributed by atoms with E-state index in [4.69, 9.17) is 9.73 Å². The van der Waals surface area contributed by atoms with Gasteiger partial charge in [-0.05, 0) is 37.1 Å². The Kier molecular flexibility index (Phi) is 6.06. The minimum absolute atomic E-state index is 0.0102. The summed E-state index contributed by atoms with van der Waals surface area (Å²) in [6.45, 7) is 3.12. The number of benzene rings is 2. The van der Waals surface area contributed by atoms with Crippen LogP contribution in [0.4, 0.5) is 25.8 Å². The Labute approximate surface area is 169 Å². The summed E-state index contributed by atoms with van der Waals surface area (Å²) >= 11 is 0. The number of rotatable bonds is 5. The fraction of sp³-hybridized carbons (Fsp3) is 0.409. The molecule has 2 aromatic rings. The van der Waals surface area contributed by atoms with Crippen molar-refractivity contribution < 1.29 is 13.5 Å². The third-order valence-corrected chi connectivity index (χ3v) is 5.39. The highest BCUT2D eigenvalue weighted by molar-refractivity contribution is 6.07. The van der Waals surface area contributed by atoms with E-state index in [0.29, 0.717) is 6.04 Å². The summed E-state index contributed by atoms with van der Waals surface area (Å²) in [5.74, 6) is 0.748. The zero-order valence-electron chi connectivity index (χ0n) is 16.5. The smallest absolute Gasteiger partial charge is 0.263 e. The number of fused-ring (bicyclic) bond motifs is 2. The highest BCUT2D eigenvalue weighted by atomic mass is 19.3. The fourth-order valence-electron chi connectivity index (χ4n) is 3.91. The van der Waals surface area contributed by atoms with Crippen molar-refractivity contribution in [2.75, 3.05) is 38.7 Å². The monoisotopic (exact) mass is 400 g/mol. The third kappa shape index (κ3) is 4.41. The number of methoxy groups -OCH3 is 1. The van der Waals surface area contributed by atoms with Gasteiger partial charge < -0.3 is 20.3 Å². The Bertz CT molecular complexity index is 887. The summed E-state index contributed by atoms with van der Waals surface area (Å²) in [6.07, 6.45) is -0.543. The van der Waals surface area contributed by atoms with Crippen LogP contribution in [0, 0.1) is 0 Å². The molecule has 29 heavy (non-hydrogen) atoms. The highest BCUT2D eigenvalue weighted by Crippen LogP contribution is 2.36. The molecule has 0 bridgehead atoms. The number of hydrogen-bond donors (Lipinski definition) is 2. The van der Waals surface area contributed by atoms with Crippen LogP contribution in [-0.2, 0) is 4.74 Å². The Morgan fingerprint density at radius 1 is 1.21 bits per heavy atom. The van der Waals surface area contributed by atoms with Crippen LogP contribution in [0.1, 0.15) is 30.4 Å². The molecule has 2 aliphatic heterocycles. The molecule has 4 rings (SSSR count). The van der Waals surface area contributed by atoms with E-state index >= 15 is 0 Å². The predicted molar refractivity (Wildman–Crippen MR) is 112 cm³/mol. The number of amidine groups is 1. The van der Waals surface area contributed by atoms with Crippen LogP contribution in [0.2, 0.25) is 0 Å². The van der Waals surface area contributed by atoms with E-state index < -0.39 is 6.43 Å². The van der Waals surface area contributed by atoms with E-state index in [0.717, 1.165) is 67.5 Å². The maximum absolute atomic E-state index is 13.4. The first-order valence-corrected chi connectivity index (χ1v) is 10.00. The van der Waals surface area contributed by atoms with E-state index in [9.17, 15) is 8.78 Å². The molecule has 2 heterocycles. The molecule has 2 N–H and O–H groups in total. The molecular formula is C22H26F2N4O. The molecule has 0 saturated carbocycles. The van der Waals surface area contributed by atoms with Gasteiger partial charge in [-0.2, -0.15) is 0 Å². The zero-order valence-corrected chi connectivity index (χ0v) is 16.5. The summed E-state index contributed by atoms with van der Waals surface area (Å²) in [7, 11) is 1.71. The number of nitrogens with one attached hydrogen (secondary N) is 2. The molecule has 0 radical (unpaired) electrons. The Balaban J connectivity index is 1.70. The number of halogens is 2. The lowest BCUT2D eigenvalue weighted by molar-refractivity contribution is 0.151. The molecule has 0 spiro atoms. The Morgan fingerprint density at radius 3 is 2.90 bits per heavy atom. The van der Waals surface area contributed by atoms with E-state index in [1.165, 1.54) is 6.07 Å². The first-order valence-electron chi connectivity index (χ1n) is 10.00. The predicted octanol–water partition coefficient (Wildman–Crippen LogP) is 4.46. The van der Waals surface area contributed by atoms with Crippen molar-refractivity contribution in [3.63, 3.8) is 0 Å². The average molecular weight is 400 g/mol. The van der Waals surface area contributed by atoms with Gasteiger partial charge in [-0.25, -0.2) is 13.8 Å². The normalized spacial score (nSPS) is 18.6.